The van der Waals surface area contributed by atoms with Gasteiger partial charge in [-0.15, -0.1) is 0 Å². The lowest BCUT2D eigenvalue weighted by Crippen LogP contribution is -2.47. The first-order valence-corrected chi connectivity index (χ1v) is 12.8. The van der Waals surface area contributed by atoms with Crippen LogP contribution in [0.5, 0.6) is 5.88 Å². The van der Waals surface area contributed by atoms with Crippen molar-refractivity contribution >= 4 is 37.6 Å². The summed E-state index contributed by atoms with van der Waals surface area (Å²) in [5, 5.41) is 18.9. The maximum atomic E-state index is 12.2. The molecule has 0 amide bonds. The molecule has 2 N–H and O–H groups in total. The van der Waals surface area contributed by atoms with Crippen molar-refractivity contribution in [2.24, 2.45) is 0 Å². The van der Waals surface area contributed by atoms with E-state index in [-0.39, 0.29) is 0 Å². The molecule has 5 aromatic rings. The van der Waals surface area contributed by atoms with E-state index in [9.17, 15) is 5.11 Å². The number of nitrogens with zero attached hydrogens (tertiary/aromatic N) is 1. The van der Waals surface area contributed by atoms with Crippen molar-refractivity contribution in [3.63, 3.8) is 0 Å². The minimum absolute atomic E-state index is 0.353. The number of aliphatic hydroxyl groups is 1. The molecular formula is C31H29BrN2O2. The molecule has 0 aliphatic carbocycles. The van der Waals surface area contributed by atoms with Gasteiger partial charge in [0, 0.05) is 21.8 Å². The van der Waals surface area contributed by atoms with Gasteiger partial charge in [0.2, 0.25) is 5.88 Å². The third kappa shape index (κ3) is 4.28. The van der Waals surface area contributed by atoms with E-state index in [0.29, 0.717) is 12.3 Å². The van der Waals surface area contributed by atoms with Crippen molar-refractivity contribution in [3.8, 4) is 5.88 Å². The van der Waals surface area contributed by atoms with Crippen LogP contribution in [0.1, 0.15) is 30.0 Å². The van der Waals surface area contributed by atoms with E-state index in [4.69, 9.17) is 9.72 Å². The molecule has 0 aliphatic rings. The number of fused-ring (bicyclic) bond motifs is 2. The molecule has 4 nitrogen and oxygen atoms in total. The SMILES string of the molecule is CNC(CC(C)(O)c1cccc2ccccc12)(c1ccccc1)c1cc2cc(Br)ccc2nc1OC. The monoisotopic (exact) mass is 540 g/mol. The molecule has 2 atom stereocenters. The fourth-order valence-corrected chi connectivity index (χ4v) is 5.72. The number of hydrogen-bond donors (Lipinski definition) is 2. The van der Waals surface area contributed by atoms with E-state index in [2.05, 4.69) is 63.7 Å². The van der Waals surface area contributed by atoms with Gasteiger partial charge in [-0.1, -0.05) is 88.7 Å². The molecule has 0 bridgehead atoms. The second kappa shape index (κ2) is 9.66. The second-order valence-electron chi connectivity index (χ2n) is 9.38. The Bertz CT molecular complexity index is 1530. The summed E-state index contributed by atoms with van der Waals surface area (Å²) in [4.78, 5) is 4.86. The molecular weight excluding hydrogens is 512 g/mol. The summed E-state index contributed by atoms with van der Waals surface area (Å²) in [6.07, 6.45) is 0.353. The summed E-state index contributed by atoms with van der Waals surface area (Å²) >= 11 is 3.59. The summed E-state index contributed by atoms with van der Waals surface area (Å²) in [6, 6.07) is 32.6. The van der Waals surface area contributed by atoms with Crippen molar-refractivity contribution < 1.29 is 9.84 Å². The fourth-order valence-electron chi connectivity index (χ4n) is 5.34. The van der Waals surface area contributed by atoms with Gasteiger partial charge in [0.15, 0.2) is 0 Å². The van der Waals surface area contributed by atoms with Crippen molar-refractivity contribution in [2.75, 3.05) is 14.2 Å². The Kier molecular flexibility index (Phi) is 6.56. The quantitative estimate of drug-likeness (QED) is 0.235. The van der Waals surface area contributed by atoms with E-state index in [1.807, 2.05) is 68.6 Å². The highest BCUT2D eigenvalue weighted by molar-refractivity contribution is 9.10. The van der Waals surface area contributed by atoms with Crippen LogP contribution in [0, 0.1) is 0 Å². The van der Waals surface area contributed by atoms with E-state index in [1.54, 1.807) is 7.11 Å². The third-order valence-electron chi connectivity index (χ3n) is 7.07. The zero-order valence-corrected chi connectivity index (χ0v) is 22.2. The van der Waals surface area contributed by atoms with Gasteiger partial charge < -0.3 is 15.2 Å². The predicted octanol–water partition coefficient (Wildman–Crippen LogP) is 6.92. The molecule has 182 valence electrons. The van der Waals surface area contributed by atoms with Crippen molar-refractivity contribution in [1.82, 2.24) is 10.3 Å². The first-order chi connectivity index (χ1) is 17.4. The zero-order valence-electron chi connectivity index (χ0n) is 20.6. The van der Waals surface area contributed by atoms with Crippen molar-refractivity contribution in [2.45, 2.75) is 24.5 Å². The van der Waals surface area contributed by atoms with Crippen LogP contribution >= 0.6 is 15.9 Å². The molecule has 2 unspecified atom stereocenters. The molecule has 0 aliphatic heterocycles. The number of halogens is 1. The molecule has 4 aromatic carbocycles. The van der Waals surface area contributed by atoms with Crippen LogP contribution in [-0.2, 0) is 11.1 Å². The Balaban J connectivity index is 1.76. The standard InChI is InChI=1S/C31H29BrN2O2/c1-30(35,26-15-9-11-21-10-7-8-14-25(21)26)20-31(33-2,23-12-5-4-6-13-23)27-19-22-18-24(32)16-17-28(22)34-29(27)36-3/h4-19,33,35H,20H2,1-3H3. The summed E-state index contributed by atoms with van der Waals surface area (Å²) in [5.74, 6) is 0.525. The normalized spacial score (nSPS) is 14.9. The maximum absolute atomic E-state index is 12.2. The van der Waals surface area contributed by atoms with Gasteiger partial charge in [-0.2, -0.15) is 0 Å². The van der Waals surface area contributed by atoms with Crippen molar-refractivity contribution in [3.05, 3.63) is 118 Å². The first-order valence-electron chi connectivity index (χ1n) is 12.0. The third-order valence-corrected chi connectivity index (χ3v) is 7.56. The molecule has 1 aromatic heterocycles. The van der Waals surface area contributed by atoms with Gasteiger partial charge in [-0.25, -0.2) is 4.98 Å². The van der Waals surface area contributed by atoms with Gasteiger partial charge in [-0.05, 0) is 60.1 Å². The van der Waals surface area contributed by atoms with Crippen LogP contribution in [0.3, 0.4) is 0 Å². The number of rotatable bonds is 7. The topological polar surface area (TPSA) is 54.4 Å². The van der Waals surface area contributed by atoms with Crippen LogP contribution in [0.4, 0.5) is 0 Å². The Labute approximate surface area is 220 Å². The summed E-state index contributed by atoms with van der Waals surface area (Å²) in [6.45, 7) is 1.89. The Morgan fingerprint density at radius 2 is 1.58 bits per heavy atom. The lowest BCUT2D eigenvalue weighted by atomic mass is 9.72. The number of pyridine rings is 1. The average Bonchev–Trinajstić information content (AvgIpc) is 2.91. The highest BCUT2D eigenvalue weighted by Gasteiger charge is 2.43. The van der Waals surface area contributed by atoms with Crippen LogP contribution in [0.2, 0.25) is 0 Å². The van der Waals surface area contributed by atoms with Crippen LogP contribution in [0.25, 0.3) is 21.7 Å². The largest absolute Gasteiger partial charge is 0.481 e. The maximum Gasteiger partial charge on any atom is 0.219 e. The number of methoxy groups -OCH3 is 1. The van der Waals surface area contributed by atoms with E-state index < -0.39 is 11.1 Å². The Hall–Kier alpha value is -3.25. The van der Waals surface area contributed by atoms with Crippen LogP contribution < -0.4 is 10.1 Å². The van der Waals surface area contributed by atoms with Crippen LogP contribution in [0.15, 0.2) is 102 Å². The molecule has 0 spiro atoms. The highest BCUT2D eigenvalue weighted by atomic mass is 79.9. The zero-order chi connectivity index (χ0) is 25.3. The van der Waals surface area contributed by atoms with Crippen LogP contribution in [-0.4, -0.2) is 24.2 Å². The highest BCUT2D eigenvalue weighted by Crippen LogP contribution is 2.45. The van der Waals surface area contributed by atoms with E-state index in [0.717, 1.165) is 42.8 Å². The summed E-state index contributed by atoms with van der Waals surface area (Å²) < 4.78 is 6.84. The van der Waals surface area contributed by atoms with Gasteiger partial charge in [-0.3, -0.25) is 0 Å². The van der Waals surface area contributed by atoms with E-state index >= 15 is 0 Å². The number of ether oxygens (including phenoxy) is 1. The molecule has 36 heavy (non-hydrogen) atoms. The summed E-state index contributed by atoms with van der Waals surface area (Å²) in [5.41, 5.74) is 1.63. The van der Waals surface area contributed by atoms with Gasteiger partial charge >= 0.3 is 0 Å². The lowest BCUT2D eigenvalue weighted by Gasteiger charge is -2.41. The van der Waals surface area contributed by atoms with E-state index in [1.165, 1.54) is 0 Å². The first kappa shape index (κ1) is 24.4. The van der Waals surface area contributed by atoms with Gasteiger partial charge in [0.1, 0.15) is 0 Å². The molecule has 0 saturated heterocycles. The second-order valence-corrected chi connectivity index (χ2v) is 10.3. The molecule has 1 heterocycles. The fraction of sp³-hybridized carbons (Fsp3) is 0.194. The summed E-state index contributed by atoms with van der Waals surface area (Å²) in [7, 11) is 3.57. The minimum Gasteiger partial charge on any atom is -0.481 e. The average molecular weight is 541 g/mol. The van der Waals surface area contributed by atoms with Gasteiger partial charge in [0.05, 0.1) is 23.8 Å². The number of nitrogens with one attached hydrogen (secondary N) is 1. The smallest absolute Gasteiger partial charge is 0.219 e. The number of aromatic nitrogens is 1. The minimum atomic E-state index is -1.18. The Morgan fingerprint density at radius 3 is 2.33 bits per heavy atom. The van der Waals surface area contributed by atoms with Crippen molar-refractivity contribution in [1.29, 1.82) is 0 Å². The predicted molar refractivity (Wildman–Crippen MR) is 150 cm³/mol. The molecule has 5 rings (SSSR count). The lowest BCUT2D eigenvalue weighted by molar-refractivity contribution is 0.0242. The molecule has 0 saturated carbocycles. The number of benzene rings is 4. The molecule has 0 radical (unpaired) electrons. The Morgan fingerprint density at radius 1 is 0.861 bits per heavy atom. The molecule has 0 fully saturated rings. The number of hydrogen-bond acceptors (Lipinski definition) is 4. The van der Waals surface area contributed by atoms with Gasteiger partial charge in [0.25, 0.3) is 0 Å². The molecule has 5 heteroatoms.